The van der Waals surface area contributed by atoms with Crippen LogP contribution in [0.2, 0.25) is 0 Å². The van der Waals surface area contributed by atoms with E-state index < -0.39 is 0 Å². The lowest BCUT2D eigenvalue weighted by Gasteiger charge is -2.29. The molecule has 2 heterocycles. The Labute approximate surface area is 99.2 Å². The molecule has 0 aromatic heterocycles. The summed E-state index contributed by atoms with van der Waals surface area (Å²) in [5.41, 5.74) is 0.822. The molecule has 0 amide bonds. The van der Waals surface area contributed by atoms with Crippen LogP contribution in [-0.2, 0) is 9.53 Å². The molecule has 2 aliphatic rings. The zero-order valence-electron chi connectivity index (χ0n) is 9.23. The number of rotatable bonds is 2. The van der Waals surface area contributed by atoms with Gasteiger partial charge in [-0.3, -0.25) is 0 Å². The topological polar surface area (TPSA) is 53.3 Å². The Morgan fingerprint density at radius 1 is 1.75 bits per heavy atom. The van der Waals surface area contributed by atoms with E-state index in [9.17, 15) is 4.79 Å². The fraction of sp³-hybridized carbons (Fsp3) is 0.636. The molecule has 0 saturated carbocycles. The number of esters is 1. The molecule has 4 nitrogen and oxygen atoms in total. The van der Waals surface area contributed by atoms with Gasteiger partial charge in [0, 0.05) is 12.3 Å². The lowest BCUT2D eigenvalue weighted by Crippen LogP contribution is -2.40. The molecular formula is C11H14N2O2S. The molecule has 0 radical (unpaired) electrons. The number of fused-ring (bicyclic) bond motifs is 1. The van der Waals surface area contributed by atoms with Crippen LogP contribution < -0.4 is 0 Å². The molecule has 0 N–H and O–H groups in total. The van der Waals surface area contributed by atoms with Crippen LogP contribution in [0.1, 0.15) is 19.8 Å². The van der Waals surface area contributed by atoms with Gasteiger partial charge < -0.3 is 9.64 Å². The van der Waals surface area contributed by atoms with E-state index in [2.05, 4.69) is 6.07 Å². The van der Waals surface area contributed by atoms with Crippen LogP contribution in [0.15, 0.2) is 10.6 Å². The number of nitrogens with zero attached hydrogens (tertiary/aromatic N) is 2. The second kappa shape index (κ2) is 4.79. The van der Waals surface area contributed by atoms with Gasteiger partial charge in [0.15, 0.2) is 0 Å². The van der Waals surface area contributed by atoms with Crippen molar-refractivity contribution in [1.82, 2.24) is 4.90 Å². The minimum absolute atomic E-state index is 0.163. The molecule has 16 heavy (non-hydrogen) atoms. The van der Waals surface area contributed by atoms with Crippen LogP contribution in [0, 0.1) is 11.3 Å². The summed E-state index contributed by atoms with van der Waals surface area (Å²) < 4.78 is 5.04. The maximum Gasteiger partial charge on any atom is 0.329 e. The van der Waals surface area contributed by atoms with E-state index in [1.54, 1.807) is 11.8 Å². The van der Waals surface area contributed by atoms with Crippen LogP contribution in [0.25, 0.3) is 0 Å². The summed E-state index contributed by atoms with van der Waals surface area (Å²) in [6.45, 7) is 3.09. The highest BCUT2D eigenvalue weighted by molar-refractivity contribution is 8.03. The zero-order chi connectivity index (χ0) is 11.5. The maximum absolute atomic E-state index is 11.7. The van der Waals surface area contributed by atoms with Crippen molar-refractivity contribution in [1.29, 1.82) is 5.26 Å². The van der Waals surface area contributed by atoms with Crippen molar-refractivity contribution in [3.05, 3.63) is 10.6 Å². The average Bonchev–Trinajstić information content (AvgIpc) is 2.72. The van der Waals surface area contributed by atoms with Crippen molar-refractivity contribution in [2.24, 2.45) is 0 Å². The fourth-order valence-corrected chi connectivity index (χ4v) is 3.40. The van der Waals surface area contributed by atoms with Gasteiger partial charge in [0.1, 0.15) is 6.04 Å². The van der Waals surface area contributed by atoms with Gasteiger partial charge in [-0.05, 0) is 19.8 Å². The Morgan fingerprint density at radius 3 is 3.25 bits per heavy atom. The quantitative estimate of drug-likeness (QED) is 0.682. The standard InChI is InChI=1S/C11H14N2O2S/c1-2-15-11(14)9-7-16-10-8(6-12)4-3-5-13(9)10/h9H,2-5,7H2,1H3. The van der Waals surface area contributed by atoms with Gasteiger partial charge in [-0.25, -0.2) is 4.79 Å². The highest BCUT2D eigenvalue weighted by Gasteiger charge is 2.38. The number of nitriles is 1. The minimum Gasteiger partial charge on any atom is -0.464 e. The summed E-state index contributed by atoms with van der Waals surface area (Å²) in [6, 6.07) is 2.04. The predicted molar refractivity (Wildman–Crippen MR) is 61.5 cm³/mol. The molecule has 1 saturated heterocycles. The first-order valence-electron chi connectivity index (χ1n) is 5.47. The van der Waals surface area contributed by atoms with Crippen molar-refractivity contribution in [2.75, 3.05) is 18.9 Å². The summed E-state index contributed by atoms with van der Waals surface area (Å²) in [4.78, 5) is 13.7. The number of hydrogen-bond acceptors (Lipinski definition) is 5. The van der Waals surface area contributed by atoms with Crippen molar-refractivity contribution in [3.8, 4) is 6.07 Å². The van der Waals surface area contributed by atoms with Crippen LogP contribution >= 0.6 is 11.8 Å². The van der Waals surface area contributed by atoms with E-state index in [0.717, 1.165) is 30.0 Å². The summed E-state index contributed by atoms with van der Waals surface area (Å²) >= 11 is 1.60. The normalized spacial score (nSPS) is 24.0. The molecule has 2 aliphatic heterocycles. The molecule has 1 unspecified atom stereocenters. The van der Waals surface area contributed by atoms with Crippen molar-refractivity contribution < 1.29 is 9.53 Å². The number of carbonyl (C=O) groups excluding carboxylic acids is 1. The predicted octanol–water partition coefficient (Wildman–Crippen LogP) is 1.50. The summed E-state index contributed by atoms with van der Waals surface area (Å²) in [5, 5.41) is 9.99. The van der Waals surface area contributed by atoms with Gasteiger partial charge >= 0.3 is 5.97 Å². The lowest BCUT2D eigenvalue weighted by molar-refractivity contribution is -0.147. The molecule has 0 aliphatic carbocycles. The first-order valence-corrected chi connectivity index (χ1v) is 6.45. The SMILES string of the molecule is CCOC(=O)C1CSC2=C(C#N)CCCN21. The van der Waals surface area contributed by atoms with E-state index >= 15 is 0 Å². The van der Waals surface area contributed by atoms with Crippen LogP contribution in [-0.4, -0.2) is 35.8 Å². The van der Waals surface area contributed by atoms with Gasteiger partial charge in [-0.15, -0.1) is 11.8 Å². The summed E-state index contributed by atoms with van der Waals surface area (Å²) in [7, 11) is 0. The first kappa shape index (κ1) is 11.3. The Morgan fingerprint density at radius 2 is 2.56 bits per heavy atom. The van der Waals surface area contributed by atoms with Crippen molar-refractivity contribution >= 4 is 17.7 Å². The molecule has 0 aromatic carbocycles. The highest BCUT2D eigenvalue weighted by atomic mass is 32.2. The Hall–Kier alpha value is -1.15. The third-order valence-electron chi connectivity index (χ3n) is 2.79. The molecule has 1 fully saturated rings. The molecule has 2 rings (SSSR count). The largest absolute Gasteiger partial charge is 0.464 e. The van der Waals surface area contributed by atoms with E-state index in [1.165, 1.54) is 0 Å². The Bertz CT molecular complexity index is 373. The zero-order valence-corrected chi connectivity index (χ0v) is 10.0. The van der Waals surface area contributed by atoms with Crippen LogP contribution in [0.5, 0.6) is 0 Å². The smallest absolute Gasteiger partial charge is 0.329 e. The van der Waals surface area contributed by atoms with Crippen LogP contribution in [0.3, 0.4) is 0 Å². The van der Waals surface area contributed by atoms with E-state index in [1.807, 2.05) is 11.8 Å². The Kier molecular flexibility index (Phi) is 3.39. The van der Waals surface area contributed by atoms with Crippen LogP contribution in [0.4, 0.5) is 0 Å². The number of ether oxygens (including phenoxy) is 1. The van der Waals surface area contributed by atoms with E-state index in [-0.39, 0.29) is 12.0 Å². The highest BCUT2D eigenvalue weighted by Crippen LogP contribution is 2.39. The number of thioether (sulfide) groups is 1. The molecule has 0 aromatic rings. The maximum atomic E-state index is 11.7. The fourth-order valence-electron chi connectivity index (χ4n) is 2.06. The van der Waals surface area contributed by atoms with Crippen molar-refractivity contribution in [2.45, 2.75) is 25.8 Å². The van der Waals surface area contributed by atoms with Gasteiger partial charge in [-0.1, -0.05) is 0 Å². The average molecular weight is 238 g/mol. The van der Waals surface area contributed by atoms with E-state index in [0.29, 0.717) is 12.4 Å². The monoisotopic (exact) mass is 238 g/mol. The second-order valence-corrected chi connectivity index (χ2v) is 4.78. The third kappa shape index (κ3) is 1.90. The number of allylic oxidation sites excluding steroid dienone is 1. The molecule has 5 heteroatoms. The van der Waals surface area contributed by atoms with Gasteiger partial charge in [0.05, 0.1) is 23.3 Å². The van der Waals surface area contributed by atoms with Crippen molar-refractivity contribution in [3.63, 3.8) is 0 Å². The first-order chi connectivity index (χ1) is 7.77. The molecule has 1 atom stereocenters. The number of hydrogen-bond donors (Lipinski definition) is 0. The molecular weight excluding hydrogens is 224 g/mol. The lowest BCUT2D eigenvalue weighted by atomic mass is 10.1. The third-order valence-corrected chi connectivity index (χ3v) is 4.03. The minimum atomic E-state index is -0.191. The van der Waals surface area contributed by atoms with Gasteiger partial charge in [0.2, 0.25) is 0 Å². The molecule has 86 valence electrons. The summed E-state index contributed by atoms with van der Waals surface area (Å²) in [5.74, 6) is 0.545. The number of carbonyl (C=O) groups is 1. The summed E-state index contributed by atoms with van der Waals surface area (Å²) in [6.07, 6.45) is 1.79. The second-order valence-electron chi connectivity index (χ2n) is 3.77. The Balaban J connectivity index is 2.18. The van der Waals surface area contributed by atoms with E-state index in [4.69, 9.17) is 10.00 Å². The molecule has 0 bridgehead atoms. The van der Waals surface area contributed by atoms with Gasteiger partial charge in [-0.2, -0.15) is 5.26 Å². The molecule has 0 spiro atoms. The van der Waals surface area contributed by atoms with Gasteiger partial charge in [0.25, 0.3) is 0 Å².